The first-order valence-electron chi connectivity index (χ1n) is 7.69. The van der Waals surface area contributed by atoms with Gasteiger partial charge in [0.2, 0.25) is 0 Å². The van der Waals surface area contributed by atoms with Crippen LogP contribution in [0.1, 0.15) is 37.2 Å². The number of hydrogen-bond acceptors (Lipinski definition) is 4. The predicted molar refractivity (Wildman–Crippen MR) is 92.7 cm³/mol. The van der Waals surface area contributed by atoms with Crippen molar-refractivity contribution in [2.45, 2.75) is 36.9 Å². The Hall–Kier alpha value is -1.14. The van der Waals surface area contributed by atoms with E-state index in [2.05, 4.69) is 15.9 Å². The van der Waals surface area contributed by atoms with Crippen LogP contribution in [0.3, 0.4) is 0 Å². The van der Waals surface area contributed by atoms with E-state index in [-0.39, 0.29) is 22.7 Å². The van der Waals surface area contributed by atoms with Crippen molar-refractivity contribution in [2.75, 3.05) is 5.75 Å². The van der Waals surface area contributed by atoms with Gasteiger partial charge in [0.05, 0.1) is 9.72 Å². The summed E-state index contributed by atoms with van der Waals surface area (Å²) in [5, 5.41) is 10.4. The first kappa shape index (κ1) is 15.4. The molecule has 23 heavy (non-hydrogen) atoms. The van der Waals surface area contributed by atoms with E-state index in [1.807, 2.05) is 0 Å². The molecule has 1 N–H and O–H groups in total. The number of aromatic hydroxyl groups is 1. The normalized spacial score (nSPS) is 26.9. The number of phenolic OH excluding ortho intramolecular Hbond substituents is 1. The summed E-state index contributed by atoms with van der Waals surface area (Å²) in [6.45, 7) is 0. The average molecular weight is 396 g/mol. The molecule has 0 aromatic heterocycles. The number of hydrogen-bond donors (Lipinski definition) is 1. The van der Waals surface area contributed by atoms with Crippen molar-refractivity contribution in [3.63, 3.8) is 0 Å². The monoisotopic (exact) mass is 395 g/mol. The van der Waals surface area contributed by atoms with Crippen LogP contribution in [0, 0.1) is 5.82 Å². The molecular formula is C17H15BrFNO2S. The number of thioether (sulfide) groups is 1. The molecule has 2 heterocycles. The third-order valence-corrected chi connectivity index (χ3v) is 6.66. The number of ketones is 1. The van der Waals surface area contributed by atoms with E-state index in [1.165, 1.54) is 0 Å². The fraction of sp³-hybridized carbons (Fsp3) is 0.412. The number of carbonyl (C=O) groups is 1. The van der Waals surface area contributed by atoms with Gasteiger partial charge in [0.15, 0.2) is 5.78 Å². The number of allylic oxidation sites excluding steroid dienone is 2. The molecule has 120 valence electrons. The lowest BCUT2D eigenvalue weighted by Gasteiger charge is -2.33. The standard InChI is InChI=1S/C17H15BrFNO2S/c18-9-6-8(14(22)7-10(9)19)15-16-11(2-1-3-13(16)21)20-12-4-5-23-17(12)15/h6-7,15,17,22H,1-5H2. The van der Waals surface area contributed by atoms with E-state index in [4.69, 9.17) is 4.99 Å². The molecule has 1 aromatic carbocycles. The molecule has 6 heteroatoms. The number of rotatable bonds is 1. The van der Waals surface area contributed by atoms with Crippen LogP contribution in [0.15, 0.2) is 32.9 Å². The number of nitrogens with zero attached hydrogens (tertiary/aromatic N) is 1. The molecule has 0 amide bonds. The van der Waals surface area contributed by atoms with Crippen LogP contribution in [0.25, 0.3) is 0 Å². The van der Waals surface area contributed by atoms with Gasteiger partial charge in [0, 0.05) is 41.0 Å². The minimum Gasteiger partial charge on any atom is -0.508 e. The van der Waals surface area contributed by atoms with Gasteiger partial charge >= 0.3 is 0 Å². The van der Waals surface area contributed by atoms with Crippen molar-refractivity contribution in [1.82, 2.24) is 0 Å². The largest absolute Gasteiger partial charge is 0.508 e. The molecule has 1 aliphatic carbocycles. The van der Waals surface area contributed by atoms with Crippen LogP contribution in [0.2, 0.25) is 0 Å². The molecule has 2 atom stereocenters. The minimum absolute atomic E-state index is 0.0686. The van der Waals surface area contributed by atoms with Crippen molar-refractivity contribution in [3.05, 3.63) is 39.3 Å². The Bertz CT molecular complexity index is 774. The lowest BCUT2D eigenvalue weighted by molar-refractivity contribution is -0.116. The average Bonchev–Trinajstić information content (AvgIpc) is 2.97. The zero-order valence-electron chi connectivity index (χ0n) is 12.3. The molecule has 3 nitrogen and oxygen atoms in total. The smallest absolute Gasteiger partial charge is 0.161 e. The molecule has 4 rings (SSSR count). The lowest BCUT2D eigenvalue weighted by Crippen LogP contribution is -2.32. The first-order chi connectivity index (χ1) is 11.1. The zero-order valence-corrected chi connectivity index (χ0v) is 14.7. The molecular weight excluding hydrogens is 381 g/mol. The van der Waals surface area contributed by atoms with Gasteiger partial charge in [0.25, 0.3) is 0 Å². The van der Waals surface area contributed by atoms with Crippen molar-refractivity contribution in [2.24, 2.45) is 4.99 Å². The summed E-state index contributed by atoms with van der Waals surface area (Å²) in [5.41, 5.74) is 3.33. The van der Waals surface area contributed by atoms with E-state index in [0.717, 1.165) is 48.1 Å². The number of carbonyl (C=O) groups excluding carboxylic acids is 1. The van der Waals surface area contributed by atoms with Crippen molar-refractivity contribution in [3.8, 4) is 5.75 Å². The fourth-order valence-electron chi connectivity index (χ4n) is 3.70. The summed E-state index contributed by atoms with van der Waals surface area (Å²) in [5.74, 6) is 0.271. The third-order valence-electron chi connectivity index (χ3n) is 4.71. The maximum Gasteiger partial charge on any atom is 0.161 e. The molecule has 3 aliphatic rings. The van der Waals surface area contributed by atoms with E-state index in [0.29, 0.717) is 16.5 Å². The number of phenols is 1. The number of halogens is 2. The molecule has 2 aliphatic heterocycles. The maximum absolute atomic E-state index is 13.7. The highest BCUT2D eigenvalue weighted by atomic mass is 79.9. The van der Waals surface area contributed by atoms with Crippen LogP contribution in [-0.2, 0) is 4.79 Å². The molecule has 0 radical (unpaired) electrons. The third kappa shape index (κ3) is 2.47. The van der Waals surface area contributed by atoms with Gasteiger partial charge < -0.3 is 5.11 Å². The quantitative estimate of drug-likeness (QED) is 0.768. The van der Waals surface area contributed by atoms with Gasteiger partial charge in [-0.25, -0.2) is 4.39 Å². The van der Waals surface area contributed by atoms with Gasteiger partial charge in [-0.2, -0.15) is 11.8 Å². The molecule has 0 saturated carbocycles. The van der Waals surface area contributed by atoms with Gasteiger partial charge in [-0.3, -0.25) is 9.79 Å². The lowest BCUT2D eigenvalue weighted by atomic mass is 9.77. The van der Waals surface area contributed by atoms with Crippen LogP contribution < -0.4 is 0 Å². The Morgan fingerprint density at radius 2 is 2.13 bits per heavy atom. The summed E-state index contributed by atoms with van der Waals surface area (Å²) in [4.78, 5) is 17.3. The van der Waals surface area contributed by atoms with Gasteiger partial charge in [-0.15, -0.1) is 0 Å². The zero-order chi connectivity index (χ0) is 16.1. The summed E-state index contributed by atoms with van der Waals surface area (Å²) in [6.07, 6.45) is 3.08. The number of Topliss-reactive ketones (excluding diaryl/α,β-unsaturated/α-hetero) is 1. The highest BCUT2D eigenvalue weighted by Gasteiger charge is 2.43. The van der Waals surface area contributed by atoms with Crippen molar-refractivity contribution in [1.29, 1.82) is 0 Å². The molecule has 1 saturated heterocycles. The van der Waals surface area contributed by atoms with Gasteiger partial charge in [0.1, 0.15) is 11.6 Å². The summed E-state index contributed by atoms with van der Waals surface area (Å²) in [6, 6.07) is 2.74. The fourth-order valence-corrected chi connectivity index (χ4v) is 5.48. The highest BCUT2D eigenvalue weighted by molar-refractivity contribution is 9.10. The van der Waals surface area contributed by atoms with Crippen LogP contribution in [-0.4, -0.2) is 27.6 Å². The van der Waals surface area contributed by atoms with Gasteiger partial charge in [-0.1, -0.05) is 0 Å². The second kappa shape index (κ2) is 5.74. The number of aliphatic imine (C=N–C) groups is 1. The van der Waals surface area contributed by atoms with Gasteiger partial charge in [-0.05, 0) is 47.0 Å². The molecule has 0 spiro atoms. The Kier molecular flexibility index (Phi) is 3.84. The minimum atomic E-state index is -0.501. The van der Waals surface area contributed by atoms with Crippen LogP contribution in [0.4, 0.5) is 4.39 Å². The Morgan fingerprint density at radius 3 is 2.96 bits per heavy atom. The summed E-state index contributed by atoms with van der Waals surface area (Å²) < 4.78 is 14.0. The Morgan fingerprint density at radius 1 is 1.30 bits per heavy atom. The second-order valence-electron chi connectivity index (χ2n) is 6.08. The molecule has 1 fully saturated rings. The van der Waals surface area contributed by atoms with E-state index in [1.54, 1.807) is 17.8 Å². The SMILES string of the molecule is O=C1CCCC2=C1C(c1cc(Br)c(F)cc1O)C1SCCC1=N2. The van der Waals surface area contributed by atoms with Crippen molar-refractivity contribution < 1.29 is 14.3 Å². The van der Waals surface area contributed by atoms with Crippen LogP contribution in [0.5, 0.6) is 5.75 Å². The van der Waals surface area contributed by atoms with E-state index in [9.17, 15) is 14.3 Å². The molecule has 2 unspecified atom stereocenters. The second-order valence-corrected chi connectivity index (χ2v) is 8.19. The Balaban J connectivity index is 1.91. The van der Waals surface area contributed by atoms with Crippen molar-refractivity contribution >= 4 is 39.2 Å². The van der Waals surface area contributed by atoms with E-state index < -0.39 is 5.82 Å². The van der Waals surface area contributed by atoms with E-state index >= 15 is 0 Å². The molecule has 1 aromatic rings. The topological polar surface area (TPSA) is 49.7 Å². The summed E-state index contributed by atoms with van der Waals surface area (Å²) >= 11 is 4.97. The number of fused-ring (bicyclic) bond motifs is 1. The highest BCUT2D eigenvalue weighted by Crippen LogP contribution is 2.49. The Labute approximate surface area is 146 Å². The first-order valence-corrected chi connectivity index (χ1v) is 9.53. The molecule has 0 bridgehead atoms. The maximum atomic E-state index is 13.7. The number of benzene rings is 1. The summed E-state index contributed by atoms with van der Waals surface area (Å²) in [7, 11) is 0. The van der Waals surface area contributed by atoms with Crippen LogP contribution >= 0.6 is 27.7 Å². The predicted octanol–water partition coefficient (Wildman–Crippen LogP) is 4.34.